The van der Waals surface area contributed by atoms with Crippen LogP contribution in [0.3, 0.4) is 0 Å². The van der Waals surface area contributed by atoms with Gasteiger partial charge < -0.3 is 5.11 Å². The number of rotatable bonds is 0. The Morgan fingerprint density at radius 2 is 2.23 bits per heavy atom. The van der Waals surface area contributed by atoms with E-state index in [0.717, 1.165) is 6.42 Å². The molecule has 0 unspecified atom stereocenters. The Morgan fingerprint density at radius 3 is 2.92 bits per heavy atom. The molecule has 13 heavy (non-hydrogen) atoms. The molecule has 0 aliphatic heterocycles. The lowest BCUT2D eigenvalue weighted by atomic mass is 9.66. The number of allylic oxidation sites excluding steroid dienone is 2. The van der Waals surface area contributed by atoms with E-state index in [9.17, 15) is 5.11 Å². The molecule has 0 bridgehead atoms. The summed E-state index contributed by atoms with van der Waals surface area (Å²) < 4.78 is 0. The maximum atomic E-state index is 9.93. The van der Waals surface area contributed by atoms with Crippen LogP contribution in [0.5, 0.6) is 0 Å². The van der Waals surface area contributed by atoms with Crippen molar-refractivity contribution in [1.82, 2.24) is 0 Å². The van der Waals surface area contributed by atoms with E-state index < -0.39 is 0 Å². The van der Waals surface area contributed by atoms with Gasteiger partial charge in [0.05, 0.1) is 6.10 Å². The van der Waals surface area contributed by atoms with Gasteiger partial charge in [-0.15, -0.1) is 0 Å². The van der Waals surface area contributed by atoms with Gasteiger partial charge in [0.1, 0.15) is 0 Å². The predicted molar refractivity (Wildman–Crippen MR) is 54.4 cm³/mol. The Bertz CT molecular complexity index is 231. The summed E-state index contributed by atoms with van der Waals surface area (Å²) in [5.74, 6) is 0.549. The van der Waals surface area contributed by atoms with Crippen LogP contribution >= 0.6 is 0 Å². The topological polar surface area (TPSA) is 20.2 Å². The van der Waals surface area contributed by atoms with Crippen LogP contribution in [0.1, 0.15) is 46.0 Å². The zero-order valence-electron chi connectivity index (χ0n) is 8.71. The summed E-state index contributed by atoms with van der Waals surface area (Å²) in [6.07, 6.45) is 8.18. The van der Waals surface area contributed by atoms with Gasteiger partial charge >= 0.3 is 0 Å². The van der Waals surface area contributed by atoms with Gasteiger partial charge in [0, 0.05) is 0 Å². The molecular weight excluding hydrogens is 160 g/mol. The Hall–Kier alpha value is -0.300. The maximum Gasteiger partial charge on any atom is 0.0576 e. The molecule has 0 amide bonds. The van der Waals surface area contributed by atoms with E-state index in [2.05, 4.69) is 19.9 Å². The number of hydrogen-bond donors (Lipinski definition) is 1. The molecule has 0 heterocycles. The predicted octanol–water partition coefficient (Wildman–Crippen LogP) is 2.89. The van der Waals surface area contributed by atoms with Crippen molar-refractivity contribution in [1.29, 1.82) is 0 Å². The van der Waals surface area contributed by atoms with Crippen molar-refractivity contribution >= 4 is 0 Å². The highest BCUT2D eigenvalue weighted by molar-refractivity contribution is 5.21. The first kappa shape index (κ1) is 9.26. The molecule has 2 rings (SSSR count). The standard InChI is InChI=1S/C12H20O/c1-3-9-6-7-10-11(13)5-4-8-12(9,10)2/h3,10-11,13H,4-8H2,1-2H3/t10-,11-,12+/m0/s1. The van der Waals surface area contributed by atoms with E-state index in [-0.39, 0.29) is 6.10 Å². The third-order valence-electron chi connectivity index (χ3n) is 4.29. The molecule has 3 atom stereocenters. The molecule has 74 valence electrons. The van der Waals surface area contributed by atoms with Gasteiger partial charge in [0.15, 0.2) is 0 Å². The second-order valence-corrected chi connectivity index (χ2v) is 4.84. The summed E-state index contributed by atoms with van der Waals surface area (Å²) in [6, 6.07) is 0. The number of aliphatic hydroxyl groups excluding tert-OH is 1. The monoisotopic (exact) mass is 180 g/mol. The highest BCUT2D eigenvalue weighted by Crippen LogP contribution is 2.54. The fraction of sp³-hybridized carbons (Fsp3) is 0.833. The molecule has 2 aliphatic carbocycles. The first-order valence-electron chi connectivity index (χ1n) is 5.52. The van der Waals surface area contributed by atoms with Crippen molar-refractivity contribution in [3.8, 4) is 0 Å². The summed E-state index contributed by atoms with van der Waals surface area (Å²) in [5, 5.41) is 9.93. The Morgan fingerprint density at radius 1 is 1.46 bits per heavy atom. The lowest BCUT2D eigenvalue weighted by Gasteiger charge is -2.40. The lowest BCUT2D eigenvalue weighted by Crippen LogP contribution is -2.37. The van der Waals surface area contributed by atoms with Crippen LogP contribution in [0.4, 0.5) is 0 Å². The van der Waals surface area contributed by atoms with Gasteiger partial charge in [-0.1, -0.05) is 18.6 Å². The van der Waals surface area contributed by atoms with E-state index in [1.54, 1.807) is 5.57 Å². The largest absolute Gasteiger partial charge is 0.393 e. The highest BCUT2D eigenvalue weighted by atomic mass is 16.3. The quantitative estimate of drug-likeness (QED) is 0.568. The van der Waals surface area contributed by atoms with Crippen LogP contribution in [0, 0.1) is 11.3 Å². The van der Waals surface area contributed by atoms with Crippen molar-refractivity contribution in [2.75, 3.05) is 0 Å². The molecule has 0 aromatic heterocycles. The molecule has 2 saturated carbocycles. The van der Waals surface area contributed by atoms with Crippen molar-refractivity contribution in [2.24, 2.45) is 11.3 Å². The Kier molecular flexibility index (Phi) is 2.23. The van der Waals surface area contributed by atoms with Crippen LogP contribution < -0.4 is 0 Å². The van der Waals surface area contributed by atoms with Crippen LogP contribution in [0.2, 0.25) is 0 Å². The van der Waals surface area contributed by atoms with E-state index in [4.69, 9.17) is 0 Å². The Balaban J connectivity index is 2.28. The van der Waals surface area contributed by atoms with Crippen molar-refractivity contribution < 1.29 is 5.11 Å². The second kappa shape index (κ2) is 3.13. The van der Waals surface area contributed by atoms with E-state index in [0.29, 0.717) is 11.3 Å². The minimum atomic E-state index is -0.0313. The summed E-state index contributed by atoms with van der Waals surface area (Å²) in [5.41, 5.74) is 1.93. The summed E-state index contributed by atoms with van der Waals surface area (Å²) in [4.78, 5) is 0. The summed E-state index contributed by atoms with van der Waals surface area (Å²) in [7, 11) is 0. The lowest BCUT2D eigenvalue weighted by molar-refractivity contribution is 0.0148. The van der Waals surface area contributed by atoms with Gasteiger partial charge in [0.2, 0.25) is 0 Å². The average molecular weight is 180 g/mol. The molecule has 0 aromatic carbocycles. The first-order chi connectivity index (χ1) is 6.18. The second-order valence-electron chi connectivity index (χ2n) is 4.84. The van der Waals surface area contributed by atoms with Gasteiger partial charge in [0.25, 0.3) is 0 Å². The first-order valence-corrected chi connectivity index (χ1v) is 5.52. The fourth-order valence-corrected chi connectivity index (χ4v) is 3.47. The van der Waals surface area contributed by atoms with Crippen LogP contribution in [0.15, 0.2) is 11.6 Å². The smallest absolute Gasteiger partial charge is 0.0576 e. The van der Waals surface area contributed by atoms with Crippen molar-refractivity contribution in [3.05, 3.63) is 11.6 Å². The van der Waals surface area contributed by atoms with Gasteiger partial charge in [-0.05, 0) is 50.4 Å². The molecule has 1 nitrogen and oxygen atoms in total. The number of hydrogen-bond acceptors (Lipinski definition) is 1. The van der Waals surface area contributed by atoms with Crippen molar-refractivity contribution in [3.63, 3.8) is 0 Å². The van der Waals surface area contributed by atoms with E-state index >= 15 is 0 Å². The van der Waals surface area contributed by atoms with Crippen molar-refractivity contribution in [2.45, 2.75) is 52.1 Å². The minimum Gasteiger partial charge on any atom is -0.393 e. The Labute approximate surface area is 80.8 Å². The third kappa shape index (κ3) is 1.25. The average Bonchev–Trinajstić information content (AvgIpc) is 2.43. The SMILES string of the molecule is CC=C1CC[C@H]2[C@@H](O)CCC[C@]12C. The zero-order chi connectivity index (χ0) is 9.47. The molecule has 0 aromatic rings. The normalized spacial score (nSPS) is 48.1. The van der Waals surface area contributed by atoms with Crippen LogP contribution in [0.25, 0.3) is 0 Å². The van der Waals surface area contributed by atoms with Crippen LogP contribution in [-0.2, 0) is 0 Å². The third-order valence-corrected chi connectivity index (χ3v) is 4.29. The number of fused-ring (bicyclic) bond motifs is 1. The molecular formula is C12H20O. The molecule has 2 fully saturated rings. The molecule has 0 saturated heterocycles. The van der Waals surface area contributed by atoms with E-state index in [1.165, 1.54) is 25.7 Å². The molecule has 1 N–H and O–H groups in total. The molecule has 0 spiro atoms. The van der Waals surface area contributed by atoms with Crippen LogP contribution in [-0.4, -0.2) is 11.2 Å². The van der Waals surface area contributed by atoms with E-state index in [1.807, 2.05) is 0 Å². The zero-order valence-corrected chi connectivity index (χ0v) is 8.71. The minimum absolute atomic E-state index is 0.0313. The summed E-state index contributed by atoms with van der Waals surface area (Å²) >= 11 is 0. The van der Waals surface area contributed by atoms with Gasteiger partial charge in [-0.2, -0.15) is 0 Å². The highest BCUT2D eigenvalue weighted by Gasteiger charge is 2.47. The number of aliphatic hydroxyl groups is 1. The molecule has 2 aliphatic rings. The fourth-order valence-electron chi connectivity index (χ4n) is 3.47. The summed E-state index contributed by atoms with van der Waals surface area (Å²) in [6.45, 7) is 4.49. The van der Waals surface area contributed by atoms with Gasteiger partial charge in [-0.3, -0.25) is 0 Å². The molecule has 1 heteroatoms. The van der Waals surface area contributed by atoms with Gasteiger partial charge in [-0.25, -0.2) is 0 Å². The maximum absolute atomic E-state index is 9.93. The molecule has 0 radical (unpaired) electrons.